The monoisotopic (exact) mass is 406 g/mol. The number of nitrogens with two attached hydrogens (primary N) is 1. The zero-order valence-electron chi connectivity index (χ0n) is 18.3. The number of aryl methyl sites for hydroxylation is 1. The van der Waals surface area contributed by atoms with E-state index in [-0.39, 0.29) is 6.04 Å². The van der Waals surface area contributed by atoms with Crippen LogP contribution in [0.2, 0.25) is 0 Å². The van der Waals surface area contributed by atoms with Crippen LogP contribution in [0.15, 0.2) is 97.1 Å². The molecule has 2 nitrogen and oxygen atoms in total. The molecule has 3 N–H and O–H groups in total. The molecule has 156 valence electrons. The molecule has 0 aliphatic heterocycles. The van der Waals surface area contributed by atoms with Crippen LogP contribution >= 0.6 is 0 Å². The fraction of sp³-hybridized carbons (Fsp3) is 0.172. The molecule has 0 aromatic heterocycles. The second-order valence-electron chi connectivity index (χ2n) is 8.02. The summed E-state index contributed by atoms with van der Waals surface area (Å²) in [5.74, 6) is 0. The summed E-state index contributed by atoms with van der Waals surface area (Å²) in [5, 5.41) is 6.44. The molecule has 0 radical (unpaired) electrons. The third-order valence-electron chi connectivity index (χ3n) is 5.84. The van der Waals surface area contributed by atoms with Crippen LogP contribution in [0.5, 0.6) is 0 Å². The van der Waals surface area contributed by atoms with Crippen LogP contribution in [0.3, 0.4) is 0 Å². The van der Waals surface area contributed by atoms with Gasteiger partial charge in [-0.3, -0.25) is 0 Å². The molecule has 0 fully saturated rings. The van der Waals surface area contributed by atoms with Gasteiger partial charge in [-0.15, -0.1) is 0 Å². The van der Waals surface area contributed by atoms with Gasteiger partial charge in [0.05, 0.1) is 6.04 Å². The van der Waals surface area contributed by atoms with E-state index in [4.69, 9.17) is 5.73 Å². The van der Waals surface area contributed by atoms with Crippen LogP contribution < -0.4 is 11.1 Å². The summed E-state index contributed by atoms with van der Waals surface area (Å²) in [7, 11) is 0. The average molecular weight is 407 g/mol. The molecule has 31 heavy (non-hydrogen) atoms. The Bertz CT molecular complexity index is 1170. The van der Waals surface area contributed by atoms with E-state index < -0.39 is 0 Å². The number of allylic oxidation sites excluding steroid dienone is 1. The molecule has 0 bridgehead atoms. The van der Waals surface area contributed by atoms with Crippen molar-refractivity contribution in [2.24, 2.45) is 0 Å². The molecule has 1 unspecified atom stereocenters. The van der Waals surface area contributed by atoms with Gasteiger partial charge >= 0.3 is 0 Å². The number of anilines is 1. The number of hydrogen-bond acceptors (Lipinski definition) is 2. The molecule has 1 atom stereocenters. The van der Waals surface area contributed by atoms with Crippen LogP contribution in [0.4, 0.5) is 5.69 Å². The van der Waals surface area contributed by atoms with Gasteiger partial charge < -0.3 is 11.1 Å². The largest absolute Gasteiger partial charge is 0.399 e. The molecule has 4 aromatic rings. The first-order valence-electron chi connectivity index (χ1n) is 11.0. The molecule has 0 heterocycles. The summed E-state index contributed by atoms with van der Waals surface area (Å²) in [6.07, 6.45) is 4.46. The molecule has 0 aliphatic carbocycles. The number of benzene rings is 4. The Balaban J connectivity index is 1.83. The molecule has 0 saturated carbocycles. The predicted octanol–water partition coefficient (Wildman–Crippen LogP) is 7.25. The molecular formula is C29H30N2. The normalized spacial score (nSPS) is 12.6. The highest BCUT2D eigenvalue weighted by molar-refractivity contribution is 5.87. The Morgan fingerprint density at radius 1 is 0.871 bits per heavy atom. The quantitative estimate of drug-likeness (QED) is 0.317. The van der Waals surface area contributed by atoms with Crippen LogP contribution in [-0.4, -0.2) is 0 Å². The summed E-state index contributed by atoms with van der Waals surface area (Å²) >= 11 is 0. The van der Waals surface area contributed by atoms with Crippen LogP contribution in [0.1, 0.15) is 48.1 Å². The Kier molecular flexibility index (Phi) is 6.37. The minimum Gasteiger partial charge on any atom is -0.399 e. The van der Waals surface area contributed by atoms with Gasteiger partial charge in [0.2, 0.25) is 0 Å². The van der Waals surface area contributed by atoms with Gasteiger partial charge in [-0.2, -0.15) is 0 Å². The lowest BCUT2D eigenvalue weighted by atomic mass is 9.90. The van der Waals surface area contributed by atoms with Gasteiger partial charge in [0.1, 0.15) is 0 Å². The van der Waals surface area contributed by atoms with Gasteiger partial charge in [-0.25, -0.2) is 0 Å². The van der Waals surface area contributed by atoms with Gasteiger partial charge in [0, 0.05) is 11.4 Å². The fourth-order valence-electron chi connectivity index (χ4n) is 4.11. The second-order valence-corrected chi connectivity index (χ2v) is 8.02. The van der Waals surface area contributed by atoms with Gasteiger partial charge in [-0.05, 0) is 58.5 Å². The van der Waals surface area contributed by atoms with E-state index in [0.717, 1.165) is 24.2 Å². The number of hydrogen-bond donors (Lipinski definition) is 2. The van der Waals surface area contributed by atoms with E-state index in [2.05, 4.69) is 104 Å². The van der Waals surface area contributed by atoms with E-state index in [1.807, 2.05) is 12.1 Å². The Morgan fingerprint density at radius 3 is 2.32 bits per heavy atom. The van der Waals surface area contributed by atoms with E-state index in [0.29, 0.717) is 0 Å². The van der Waals surface area contributed by atoms with Gasteiger partial charge in [0.15, 0.2) is 0 Å². The minimum atomic E-state index is 0.0218. The van der Waals surface area contributed by atoms with Crippen molar-refractivity contribution in [3.63, 3.8) is 0 Å². The number of fused-ring (bicyclic) bond motifs is 1. The third-order valence-corrected chi connectivity index (χ3v) is 5.84. The minimum absolute atomic E-state index is 0.0218. The number of nitrogens with one attached hydrogen (secondary N) is 1. The summed E-state index contributed by atoms with van der Waals surface area (Å²) in [6.45, 7) is 4.44. The van der Waals surface area contributed by atoms with Crippen LogP contribution in [0, 0.1) is 6.92 Å². The molecule has 4 aromatic carbocycles. The maximum absolute atomic E-state index is 6.00. The fourth-order valence-corrected chi connectivity index (χ4v) is 4.11. The van der Waals surface area contributed by atoms with Crippen LogP contribution in [-0.2, 0) is 0 Å². The Hall–Kier alpha value is -3.52. The lowest BCUT2D eigenvalue weighted by molar-refractivity contribution is 0.737. The SMILES string of the molecule is CCC/C=C(\NC(c1ccc(N)cc1)c1ccc2ccccc2c1C)c1ccccc1. The lowest BCUT2D eigenvalue weighted by Gasteiger charge is -2.26. The van der Waals surface area contributed by atoms with Crippen molar-refractivity contribution < 1.29 is 0 Å². The Labute approximate surface area is 185 Å². The van der Waals surface area contributed by atoms with Crippen molar-refractivity contribution in [2.75, 3.05) is 5.73 Å². The number of unbranched alkanes of at least 4 members (excludes halogenated alkanes) is 1. The van der Waals surface area contributed by atoms with Gasteiger partial charge in [-0.1, -0.05) is 98.3 Å². The van der Waals surface area contributed by atoms with E-state index in [1.54, 1.807) is 0 Å². The summed E-state index contributed by atoms with van der Waals surface area (Å²) in [5.41, 5.74) is 12.9. The standard InChI is InChI=1S/C29H30N2/c1-3-4-14-28(23-11-6-5-7-12-23)31-29(24-15-18-25(30)19-16-24)27-20-17-22-10-8-9-13-26(22)21(27)2/h5-20,29,31H,3-4,30H2,1-2H3/b28-14-. The first kappa shape index (κ1) is 20.7. The summed E-state index contributed by atoms with van der Waals surface area (Å²) in [6, 6.07) is 31.9. The molecule has 2 heteroatoms. The first-order valence-corrected chi connectivity index (χ1v) is 11.0. The lowest BCUT2D eigenvalue weighted by Crippen LogP contribution is -2.22. The molecular weight excluding hydrogens is 376 g/mol. The zero-order valence-corrected chi connectivity index (χ0v) is 18.3. The molecule has 4 rings (SSSR count). The Morgan fingerprint density at radius 2 is 1.58 bits per heavy atom. The molecule has 0 aliphatic rings. The first-order chi connectivity index (χ1) is 15.2. The predicted molar refractivity (Wildman–Crippen MR) is 134 cm³/mol. The van der Waals surface area contributed by atoms with E-state index in [9.17, 15) is 0 Å². The average Bonchev–Trinajstić information content (AvgIpc) is 2.81. The molecule has 0 spiro atoms. The highest BCUT2D eigenvalue weighted by Crippen LogP contribution is 2.32. The van der Waals surface area contributed by atoms with Crippen molar-refractivity contribution in [2.45, 2.75) is 32.7 Å². The second kappa shape index (κ2) is 9.53. The maximum Gasteiger partial charge on any atom is 0.0770 e. The zero-order chi connectivity index (χ0) is 21.6. The van der Waals surface area contributed by atoms with E-state index in [1.165, 1.54) is 33.0 Å². The molecule has 0 saturated heterocycles. The number of nitrogen functional groups attached to an aromatic ring is 1. The van der Waals surface area contributed by atoms with E-state index >= 15 is 0 Å². The highest BCUT2D eigenvalue weighted by Gasteiger charge is 2.19. The van der Waals surface area contributed by atoms with Crippen molar-refractivity contribution in [3.05, 3.63) is 119 Å². The summed E-state index contributed by atoms with van der Waals surface area (Å²) < 4.78 is 0. The molecule has 0 amide bonds. The van der Waals surface area contributed by atoms with Crippen molar-refractivity contribution >= 4 is 22.2 Å². The maximum atomic E-state index is 6.00. The topological polar surface area (TPSA) is 38.0 Å². The van der Waals surface area contributed by atoms with Gasteiger partial charge in [0.25, 0.3) is 0 Å². The van der Waals surface area contributed by atoms with Crippen molar-refractivity contribution in [1.82, 2.24) is 5.32 Å². The van der Waals surface area contributed by atoms with Crippen LogP contribution in [0.25, 0.3) is 16.5 Å². The smallest absolute Gasteiger partial charge is 0.0770 e. The van der Waals surface area contributed by atoms with Crippen molar-refractivity contribution in [1.29, 1.82) is 0 Å². The third kappa shape index (κ3) is 4.64. The summed E-state index contributed by atoms with van der Waals surface area (Å²) in [4.78, 5) is 0. The number of rotatable bonds is 7. The van der Waals surface area contributed by atoms with Crippen molar-refractivity contribution in [3.8, 4) is 0 Å². The highest BCUT2D eigenvalue weighted by atomic mass is 14.9.